The van der Waals surface area contributed by atoms with Crippen molar-refractivity contribution in [1.82, 2.24) is 25.2 Å². The van der Waals surface area contributed by atoms with E-state index in [1.54, 1.807) is 11.0 Å². The first-order chi connectivity index (χ1) is 13.5. The molecular weight excluding hydrogens is 384 g/mol. The maximum absolute atomic E-state index is 12.2. The number of piperidine rings is 1. The Morgan fingerprint density at radius 2 is 2.14 bits per heavy atom. The molecule has 0 aromatic carbocycles. The lowest BCUT2D eigenvalue weighted by molar-refractivity contribution is 0.111. The zero-order valence-electron chi connectivity index (χ0n) is 16.2. The number of hydrogen-bond donors (Lipinski definition) is 3. The zero-order chi connectivity index (χ0) is 20.4. The van der Waals surface area contributed by atoms with E-state index >= 15 is 0 Å². The molecule has 1 saturated heterocycles. The van der Waals surface area contributed by atoms with Gasteiger partial charge in [-0.25, -0.2) is 17.9 Å². The van der Waals surface area contributed by atoms with E-state index in [2.05, 4.69) is 25.3 Å². The molecule has 0 bridgehead atoms. The highest BCUT2D eigenvalue weighted by Gasteiger charge is 2.23. The van der Waals surface area contributed by atoms with Crippen molar-refractivity contribution in [1.29, 1.82) is 0 Å². The smallest absolute Gasteiger partial charge is 0.409 e. The van der Waals surface area contributed by atoms with Crippen LogP contribution in [0.4, 0.5) is 4.79 Å². The molecular formula is C17H28N6O4S. The number of likely N-dealkylation sites (tertiary alicyclic amines) is 1. The summed E-state index contributed by atoms with van der Waals surface area (Å²) >= 11 is 0. The van der Waals surface area contributed by atoms with Gasteiger partial charge in [0.2, 0.25) is 10.0 Å². The Labute approximate surface area is 165 Å². The number of aliphatic imine (C=N–C) groups is 1. The molecule has 1 amide bonds. The number of ether oxygens (including phenoxy) is 1. The van der Waals surface area contributed by atoms with Gasteiger partial charge in [-0.15, -0.1) is 0 Å². The van der Waals surface area contributed by atoms with Crippen LogP contribution in [0.25, 0.3) is 0 Å². The molecule has 10 nitrogen and oxygen atoms in total. The number of amides is 1. The molecule has 0 atom stereocenters. The minimum atomic E-state index is -3.59. The number of hydrogen-bond acceptors (Lipinski definition) is 6. The third kappa shape index (κ3) is 6.64. The summed E-state index contributed by atoms with van der Waals surface area (Å²) in [7, 11) is -2.21. The number of aromatic nitrogens is 1. The van der Waals surface area contributed by atoms with E-state index < -0.39 is 10.0 Å². The second-order valence-electron chi connectivity index (χ2n) is 6.22. The van der Waals surface area contributed by atoms with Gasteiger partial charge in [-0.3, -0.25) is 9.98 Å². The van der Waals surface area contributed by atoms with Gasteiger partial charge in [-0.1, -0.05) is 0 Å². The van der Waals surface area contributed by atoms with Crippen LogP contribution in [0.15, 0.2) is 34.4 Å². The van der Waals surface area contributed by atoms with Crippen molar-refractivity contribution in [2.45, 2.75) is 30.7 Å². The van der Waals surface area contributed by atoms with E-state index in [0.29, 0.717) is 25.6 Å². The highest BCUT2D eigenvalue weighted by molar-refractivity contribution is 7.89. The number of rotatable bonds is 7. The summed E-state index contributed by atoms with van der Waals surface area (Å²) < 4.78 is 31.6. The molecule has 2 heterocycles. The molecule has 1 aromatic rings. The quantitative estimate of drug-likeness (QED) is 0.331. The third-order valence-corrected chi connectivity index (χ3v) is 5.68. The predicted molar refractivity (Wildman–Crippen MR) is 106 cm³/mol. The van der Waals surface area contributed by atoms with Gasteiger partial charge >= 0.3 is 6.09 Å². The van der Waals surface area contributed by atoms with Crippen molar-refractivity contribution in [3.8, 4) is 0 Å². The summed E-state index contributed by atoms with van der Waals surface area (Å²) in [6.07, 6.45) is 4.09. The Kier molecular flexibility index (Phi) is 8.45. The largest absolute Gasteiger partial charge is 0.453 e. The Balaban J connectivity index is 1.82. The minimum Gasteiger partial charge on any atom is -0.453 e. The predicted octanol–water partition coefficient (Wildman–Crippen LogP) is 0.146. The van der Waals surface area contributed by atoms with Crippen molar-refractivity contribution in [2.75, 3.05) is 39.8 Å². The fraction of sp³-hybridized carbons (Fsp3) is 0.588. The van der Waals surface area contributed by atoms with Crippen LogP contribution < -0.4 is 15.4 Å². The number of methoxy groups -OCH3 is 1. The normalized spacial score (nSPS) is 15.9. The molecule has 2 rings (SSSR count). The highest BCUT2D eigenvalue weighted by atomic mass is 32.2. The summed E-state index contributed by atoms with van der Waals surface area (Å²) in [5.74, 6) is 0.625. The Morgan fingerprint density at radius 1 is 1.39 bits per heavy atom. The van der Waals surface area contributed by atoms with Crippen molar-refractivity contribution >= 4 is 22.1 Å². The first kappa shape index (κ1) is 21.9. The maximum atomic E-state index is 12.2. The fourth-order valence-corrected chi connectivity index (χ4v) is 3.77. The van der Waals surface area contributed by atoms with Crippen LogP contribution in [-0.2, 0) is 14.8 Å². The summed E-state index contributed by atoms with van der Waals surface area (Å²) in [6, 6.07) is 3.25. The van der Waals surface area contributed by atoms with E-state index in [9.17, 15) is 13.2 Å². The average molecular weight is 413 g/mol. The maximum Gasteiger partial charge on any atom is 0.409 e. The SMILES string of the molecule is CCNC(=NCCNS(=O)(=O)c1cccnc1)NC1CCN(C(=O)OC)CC1. The lowest BCUT2D eigenvalue weighted by Crippen LogP contribution is -2.50. The first-order valence-corrected chi connectivity index (χ1v) is 10.7. The third-order valence-electron chi connectivity index (χ3n) is 4.23. The van der Waals surface area contributed by atoms with Crippen molar-refractivity contribution < 1.29 is 17.9 Å². The van der Waals surface area contributed by atoms with E-state index in [4.69, 9.17) is 4.74 Å². The molecule has 0 spiro atoms. The Bertz CT molecular complexity index is 748. The molecule has 0 unspecified atom stereocenters. The van der Waals surface area contributed by atoms with Gasteiger partial charge in [0.1, 0.15) is 4.90 Å². The second-order valence-corrected chi connectivity index (χ2v) is 7.99. The highest BCUT2D eigenvalue weighted by Crippen LogP contribution is 2.11. The van der Waals surface area contributed by atoms with Gasteiger partial charge in [-0.2, -0.15) is 0 Å². The van der Waals surface area contributed by atoms with E-state index in [-0.39, 0.29) is 30.1 Å². The summed E-state index contributed by atoms with van der Waals surface area (Å²) in [4.78, 5) is 21.6. The van der Waals surface area contributed by atoms with E-state index in [0.717, 1.165) is 12.8 Å². The van der Waals surface area contributed by atoms with Crippen LogP contribution in [0.2, 0.25) is 0 Å². The van der Waals surface area contributed by atoms with E-state index in [1.807, 2.05) is 6.92 Å². The van der Waals surface area contributed by atoms with Crippen LogP contribution >= 0.6 is 0 Å². The van der Waals surface area contributed by atoms with Crippen LogP contribution in [0.3, 0.4) is 0 Å². The lowest BCUT2D eigenvalue weighted by Gasteiger charge is -2.32. The molecule has 1 aliphatic heterocycles. The number of pyridine rings is 1. The van der Waals surface area contributed by atoms with Gasteiger partial charge in [0.25, 0.3) is 0 Å². The number of carbonyl (C=O) groups is 1. The average Bonchev–Trinajstić information content (AvgIpc) is 2.72. The first-order valence-electron chi connectivity index (χ1n) is 9.23. The molecule has 0 saturated carbocycles. The summed E-state index contributed by atoms with van der Waals surface area (Å²) in [5, 5.41) is 6.49. The second kappa shape index (κ2) is 10.8. The topological polar surface area (TPSA) is 125 Å². The fourth-order valence-electron chi connectivity index (χ4n) is 2.79. The Hall–Kier alpha value is -2.40. The number of guanidine groups is 1. The standard InChI is InChI=1S/C17H28N6O4S/c1-3-19-16(22-14-6-11-23(12-7-14)17(24)27-2)20-9-10-21-28(25,26)15-5-4-8-18-13-15/h4-5,8,13-14,21H,3,6-7,9-12H2,1-2H3,(H2,19,20,22). The summed E-state index contributed by atoms with van der Waals surface area (Å²) in [6.45, 7) is 4.35. The molecule has 156 valence electrons. The number of nitrogens with one attached hydrogen (secondary N) is 3. The summed E-state index contributed by atoms with van der Waals surface area (Å²) in [5.41, 5.74) is 0. The molecule has 0 radical (unpaired) electrons. The molecule has 28 heavy (non-hydrogen) atoms. The lowest BCUT2D eigenvalue weighted by atomic mass is 10.1. The number of carbonyl (C=O) groups excluding carboxylic acids is 1. The van der Waals surface area contributed by atoms with Gasteiger partial charge in [-0.05, 0) is 31.9 Å². The van der Waals surface area contributed by atoms with E-state index in [1.165, 1.54) is 25.6 Å². The molecule has 0 aliphatic carbocycles. The van der Waals surface area contributed by atoms with Crippen molar-refractivity contribution in [2.24, 2.45) is 4.99 Å². The number of nitrogens with zero attached hydrogens (tertiary/aromatic N) is 3. The van der Waals surface area contributed by atoms with Crippen molar-refractivity contribution in [3.05, 3.63) is 24.5 Å². The van der Waals surface area contributed by atoms with Crippen LogP contribution in [-0.4, -0.2) is 76.2 Å². The molecule has 11 heteroatoms. The van der Waals surface area contributed by atoms with Gasteiger partial charge in [0.15, 0.2) is 5.96 Å². The van der Waals surface area contributed by atoms with Gasteiger partial charge < -0.3 is 20.3 Å². The van der Waals surface area contributed by atoms with Gasteiger partial charge in [0, 0.05) is 44.6 Å². The minimum absolute atomic E-state index is 0.126. The number of sulfonamides is 1. The molecule has 1 aliphatic rings. The van der Waals surface area contributed by atoms with Gasteiger partial charge in [0.05, 0.1) is 13.7 Å². The molecule has 1 aromatic heterocycles. The van der Waals surface area contributed by atoms with Crippen LogP contribution in [0.5, 0.6) is 0 Å². The van der Waals surface area contributed by atoms with Crippen LogP contribution in [0.1, 0.15) is 19.8 Å². The van der Waals surface area contributed by atoms with Crippen molar-refractivity contribution in [3.63, 3.8) is 0 Å². The molecule has 3 N–H and O–H groups in total. The zero-order valence-corrected chi connectivity index (χ0v) is 17.0. The van der Waals surface area contributed by atoms with Crippen LogP contribution in [0, 0.1) is 0 Å². The monoisotopic (exact) mass is 412 g/mol. The molecule has 1 fully saturated rings. The Morgan fingerprint density at radius 3 is 2.75 bits per heavy atom.